The quantitative estimate of drug-likeness (QED) is 0.820. The highest BCUT2D eigenvalue weighted by Gasteiger charge is 2.12. The van der Waals surface area contributed by atoms with Crippen LogP contribution in [0.25, 0.3) is 0 Å². The number of nitrogens with zero attached hydrogens (tertiary/aromatic N) is 1. The Bertz CT molecular complexity index is 442. The summed E-state index contributed by atoms with van der Waals surface area (Å²) in [6.07, 6.45) is 0. The van der Waals surface area contributed by atoms with E-state index in [1.807, 2.05) is 6.07 Å². The Balaban J connectivity index is 2.75. The number of carboxylic acid groups (broad SMARTS) is 1. The molecule has 1 unspecified atom stereocenters. The van der Waals surface area contributed by atoms with Gasteiger partial charge in [-0.1, -0.05) is 6.92 Å². The first-order chi connectivity index (χ1) is 7.54. The summed E-state index contributed by atoms with van der Waals surface area (Å²) in [5.41, 5.74) is 0.239. The predicted molar refractivity (Wildman–Crippen MR) is 58.6 cm³/mol. The monoisotopic (exact) mass is 239 g/mol. The van der Waals surface area contributed by atoms with Gasteiger partial charge in [0.1, 0.15) is 11.9 Å². The van der Waals surface area contributed by atoms with Crippen LogP contribution in [0.2, 0.25) is 0 Å². The van der Waals surface area contributed by atoms with Crippen molar-refractivity contribution in [3.05, 3.63) is 29.6 Å². The van der Waals surface area contributed by atoms with Crippen LogP contribution < -0.4 is 0 Å². The van der Waals surface area contributed by atoms with E-state index in [-0.39, 0.29) is 5.56 Å². The molecule has 0 fully saturated rings. The van der Waals surface area contributed by atoms with Crippen LogP contribution >= 0.6 is 11.8 Å². The predicted octanol–water partition coefficient (Wildman–Crippen LogP) is 2.51. The molecule has 84 valence electrons. The molecular weight excluding hydrogens is 229 g/mol. The first kappa shape index (κ1) is 12.5. The summed E-state index contributed by atoms with van der Waals surface area (Å²) >= 11 is 1.25. The van der Waals surface area contributed by atoms with Crippen LogP contribution in [0.5, 0.6) is 0 Å². The highest BCUT2D eigenvalue weighted by atomic mass is 32.2. The van der Waals surface area contributed by atoms with Gasteiger partial charge >= 0.3 is 5.97 Å². The maximum absolute atomic E-state index is 12.8. The first-order valence-electron chi connectivity index (χ1n) is 4.60. The zero-order valence-corrected chi connectivity index (χ0v) is 9.42. The summed E-state index contributed by atoms with van der Waals surface area (Å²) in [5.74, 6) is -1.49. The SMILES string of the molecule is CC(CSc1ccc(F)cc1C#N)C(=O)O. The van der Waals surface area contributed by atoms with Crippen molar-refractivity contribution in [2.24, 2.45) is 5.92 Å². The topological polar surface area (TPSA) is 61.1 Å². The van der Waals surface area contributed by atoms with E-state index in [2.05, 4.69) is 0 Å². The Labute approximate surface area is 96.9 Å². The zero-order chi connectivity index (χ0) is 12.1. The lowest BCUT2D eigenvalue weighted by molar-refractivity contribution is -0.140. The smallest absolute Gasteiger partial charge is 0.307 e. The number of rotatable bonds is 4. The molecule has 1 aromatic carbocycles. The minimum Gasteiger partial charge on any atom is -0.481 e. The van der Waals surface area contributed by atoms with Crippen LogP contribution in [-0.4, -0.2) is 16.8 Å². The molecular formula is C11H10FNO2S. The second kappa shape index (κ2) is 5.52. The van der Waals surface area contributed by atoms with Gasteiger partial charge in [-0.05, 0) is 18.2 Å². The molecule has 0 aliphatic heterocycles. The van der Waals surface area contributed by atoms with Crippen molar-refractivity contribution in [1.29, 1.82) is 5.26 Å². The average Bonchev–Trinajstić information content (AvgIpc) is 2.26. The molecule has 1 aromatic rings. The van der Waals surface area contributed by atoms with Gasteiger partial charge in [-0.15, -0.1) is 11.8 Å². The van der Waals surface area contributed by atoms with Crippen molar-refractivity contribution in [3.8, 4) is 6.07 Å². The van der Waals surface area contributed by atoms with Gasteiger partial charge in [-0.3, -0.25) is 4.79 Å². The van der Waals surface area contributed by atoms with Crippen LogP contribution in [-0.2, 0) is 4.79 Å². The fourth-order valence-corrected chi connectivity index (χ4v) is 2.00. The second-order valence-corrected chi connectivity index (χ2v) is 4.36. The molecule has 16 heavy (non-hydrogen) atoms. The molecule has 0 aliphatic carbocycles. The summed E-state index contributed by atoms with van der Waals surface area (Å²) in [5, 5.41) is 17.5. The molecule has 1 N–H and O–H groups in total. The number of carbonyl (C=O) groups is 1. The number of halogens is 1. The van der Waals surface area contributed by atoms with E-state index in [0.29, 0.717) is 10.6 Å². The average molecular weight is 239 g/mol. The van der Waals surface area contributed by atoms with Crippen molar-refractivity contribution in [2.45, 2.75) is 11.8 Å². The third-order valence-corrected chi connectivity index (χ3v) is 3.31. The molecule has 0 radical (unpaired) electrons. The van der Waals surface area contributed by atoms with E-state index in [4.69, 9.17) is 10.4 Å². The third-order valence-electron chi connectivity index (χ3n) is 1.97. The Morgan fingerprint density at radius 3 is 2.94 bits per heavy atom. The fourth-order valence-electron chi connectivity index (χ4n) is 1.00. The number of thioether (sulfide) groups is 1. The molecule has 5 heteroatoms. The largest absolute Gasteiger partial charge is 0.481 e. The molecule has 0 amide bonds. The second-order valence-electron chi connectivity index (χ2n) is 3.30. The van der Waals surface area contributed by atoms with Gasteiger partial charge in [0.25, 0.3) is 0 Å². The van der Waals surface area contributed by atoms with Crippen LogP contribution in [0, 0.1) is 23.1 Å². The van der Waals surface area contributed by atoms with E-state index in [1.165, 1.54) is 23.9 Å². The Kier molecular flexibility index (Phi) is 4.32. The van der Waals surface area contributed by atoms with Gasteiger partial charge in [0.05, 0.1) is 11.5 Å². The molecule has 0 spiro atoms. The van der Waals surface area contributed by atoms with Crippen molar-refractivity contribution >= 4 is 17.7 Å². The van der Waals surface area contributed by atoms with Crippen molar-refractivity contribution in [1.82, 2.24) is 0 Å². The van der Waals surface area contributed by atoms with Crippen molar-refractivity contribution in [2.75, 3.05) is 5.75 Å². The normalized spacial score (nSPS) is 11.8. The Morgan fingerprint density at radius 2 is 2.38 bits per heavy atom. The lowest BCUT2D eigenvalue weighted by Gasteiger charge is -2.06. The Morgan fingerprint density at radius 1 is 1.69 bits per heavy atom. The minimum absolute atomic E-state index is 0.239. The zero-order valence-electron chi connectivity index (χ0n) is 8.61. The molecule has 0 heterocycles. The third kappa shape index (κ3) is 3.24. The molecule has 0 bridgehead atoms. The van der Waals surface area contributed by atoms with E-state index >= 15 is 0 Å². The summed E-state index contributed by atoms with van der Waals surface area (Å²) < 4.78 is 12.8. The van der Waals surface area contributed by atoms with Crippen LogP contribution in [0.3, 0.4) is 0 Å². The molecule has 0 aliphatic rings. The molecule has 1 rings (SSSR count). The maximum Gasteiger partial charge on any atom is 0.307 e. The van der Waals surface area contributed by atoms with E-state index in [9.17, 15) is 9.18 Å². The van der Waals surface area contributed by atoms with E-state index in [0.717, 1.165) is 6.07 Å². The molecule has 3 nitrogen and oxygen atoms in total. The van der Waals surface area contributed by atoms with Crippen LogP contribution in [0.4, 0.5) is 4.39 Å². The van der Waals surface area contributed by atoms with Gasteiger partial charge < -0.3 is 5.11 Å². The van der Waals surface area contributed by atoms with Crippen molar-refractivity contribution in [3.63, 3.8) is 0 Å². The highest BCUT2D eigenvalue weighted by Crippen LogP contribution is 2.25. The number of aliphatic carboxylic acids is 1. The Hall–Kier alpha value is -1.54. The van der Waals surface area contributed by atoms with Crippen LogP contribution in [0.15, 0.2) is 23.1 Å². The first-order valence-corrected chi connectivity index (χ1v) is 5.58. The molecule has 0 saturated heterocycles. The van der Waals surface area contributed by atoms with Crippen LogP contribution in [0.1, 0.15) is 12.5 Å². The number of benzene rings is 1. The van der Waals surface area contributed by atoms with E-state index in [1.54, 1.807) is 6.92 Å². The fraction of sp³-hybridized carbons (Fsp3) is 0.273. The van der Waals surface area contributed by atoms with Gasteiger partial charge in [0.15, 0.2) is 0 Å². The van der Waals surface area contributed by atoms with Gasteiger partial charge in [0, 0.05) is 10.6 Å². The lowest BCUT2D eigenvalue weighted by atomic mass is 10.2. The number of hydrogen-bond acceptors (Lipinski definition) is 3. The lowest BCUT2D eigenvalue weighted by Crippen LogP contribution is -2.11. The number of carboxylic acids is 1. The minimum atomic E-state index is -0.881. The summed E-state index contributed by atoms with van der Waals surface area (Å²) in [6, 6.07) is 5.78. The summed E-state index contributed by atoms with van der Waals surface area (Å²) in [7, 11) is 0. The summed E-state index contributed by atoms with van der Waals surface area (Å²) in [6.45, 7) is 1.59. The molecule has 0 saturated carbocycles. The standard InChI is InChI=1S/C11H10FNO2S/c1-7(11(14)15)6-16-10-3-2-9(12)4-8(10)5-13/h2-4,7H,6H2,1H3,(H,14,15). The van der Waals surface area contributed by atoms with E-state index < -0.39 is 17.7 Å². The summed E-state index contributed by atoms with van der Waals surface area (Å²) in [4.78, 5) is 11.2. The maximum atomic E-state index is 12.8. The molecule has 0 aromatic heterocycles. The molecule has 1 atom stereocenters. The number of nitriles is 1. The van der Waals surface area contributed by atoms with Gasteiger partial charge in [-0.25, -0.2) is 4.39 Å². The van der Waals surface area contributed by atoms with Gasteiger partial charge in [0.2, 0.25) is 0 Å². The van der Waals surface area contributed by atoms with Crippen molar-refractivity contribution < 1.29 is 14.3 Å². The van der Waals surface area contributed by atoms with Gasteiger partial charge in [-0.2, -0.15) is 5.26 Å². The highest BCUT2D eigenvalue weighted by molar-refractivity contribution is 7.99. The number of hydrogen-bond donors (Lipinski definition) is 1.